The number of alkyl halides is 4. The van der Waals surface area contributed by atoms with Gasteiger partial charge in [-0.3, -0.25) is 23.7 Å². The second-order valence-electron chi connectivity index (χ2n) is 8.96. The Labute approximate surface area is 222 Å². The number of para-hydroxylation sites is 1. The van der Waals surface area contributed by atoms with Gasteiger partial charge in [0.2, 0.25) is 12.0 Å². The first-order valence-electron chi connectivity index (χ1n) is 11.5. The minimum atomic E-state index is -4.91. The number of rotatable bonds is 11. The molecule has 12 nitrogen and oxygen atoms in total. The molecule has 18 heteroatoms. The molecular weight excluding hydrogens is 576 g/mol. The monoisotopic (exact) mass is 601 g/mol. The molecule has 1 fully saturated rings. The number of halogens is 5. The summed E-state index contributed by atoms with van der Waals surface area (Å²) in [5.41, 5.74) is -6.91. The number of aromatic amines is 1. The van der Waals surface area contributed by atoms with E-state index in [1.807, 2.05) is 0 Å². The molecule has 5 unspecified atom stereocenters. The van der Waals surface area contributed by atoms with E-state index in [0.29, 0.717) is 0 Å². The third-order valence-electron chi connectivity index (χ3n) is 5.52. The number of carbonyl (C=O) groups is 1. The van der Waals surface area contributed by atoms with Crippen LogP contribution in [-0.2, 0) is 23.4 Å². The average molecular weight is 601 g/mol. The van der Waals surface area contributed by atoms with Crippen LogP contribution in [0.25, 0.3) is 0 Å². The lowest BCUT2D eigenvalue weighted by atomic mass is 9.96. The third-order valence-corrected chi connectivity index (χ3v) is 7.14. The molecule has 1 saturated heterocycles. The number of nitrogens with zero attached hydrogens (tertiary/aromatic N) is 1. The summed E-state index contributed by atoms with van der Waals surface area (Å²) in [6.07, 6.45) is -11.1. The van der Waals surface area contributed by atoms with Gasteiger partial charge in [-0.05, 0) is 32.9 Å². The second kappa shape index (κ2) is 11.8. The highest BCUT2D eigenvalue weighted by Crippen LogP contribution is 2.53. The third kappa shape index (κ3) is 6.44. The van der Waals surface area contributed by atoms with Crippen molar-refractivity contribution in [3.63, 3.8) is 0 Å². The summed E-state index contributed by atoms with van der Waals surface area (Å²) in [6, 6.07) is 5.54. The molecule has 2 heterocycles. The van der Waals surface area contributed by atoms with E-state index in [4.69, 9.17) is 18.5 Å². The molecule has 1 aliphatic heterocycles. The largest absolute Gasteiger partial charge is 0.462 e. The summed E-state index contributed by atoms with van der Waals surface area (Å²) >= 11 is 0. The van der Waals surface area contributed by atoms with Gasteiger partial charge < -0.3 is 19.1 Å². The second-order valence-corrected chi connectivity index (χ2v) is 10.7. The number of nitrogens with one attached hydrogen (secondary N) is 2. The van der Waals surface area contributed by atoms with E-state index < -0.39 is 79.8 Å². The molecule has 1 aromatic heterocycles. The maximum Gasteiger partial charge on any atom is 0.459 e. The van der Waals surface area contributed by atoms with Crippen LogP contribution in [0, 0.1) is 5.82 Å². The Balaban J connectivity index is 1.97. The van der Waals surface area contributed by atoms with Crippen molar-refractivity contribution in [2.24, 2.45) is 0 Å². The zero-order valence-corrected chi connectivity index (χ0v) is 21.9. The molecule has 0 spiro atoms. The molecule has 0 saturated carbocycles. The molecule has 5 atom stereocenters. The van der Waals surface area contributed by atoms with E-state index in [1.54, 1.807) is 6.07 Å². The Morgan fingerprint density at radius 3 is 2.42 bits per heavy atom. The summed E-state index contributed by atoms with van der Waals surface area (Å²) in [7, 11) is -4.91. The number of esters is 1. The Kier molecular flexibility index (Phi) is 9.26. The van der Waals surface area contributed by atoms with Crippen LogP contribution in [0.5, 0.6) is 5.75 Å². The highest BCUT2D eigenvalue weighted by atomic mass is 31.2. The predicted molar refractivity (Wildman–Crippen MR) is 126 cm³/mol. The van der Waals surface area contributed by atoms with Crippen LogP contribution in [0.2, 0.25) is 0 Å². The molecule has 3 rings (SSSR count). The SMILES string of the molecule is CC(C)OC(=O)C(C)NP(=O)(OCC1(C(F)F)OC(n2cc(F)c(=O)[nH]c2=O)C(F)(F)C1O)Oc1ccccc1. The first kappa shape index (κ1) is 31.4. The fourth-order valence-electron chi connectivity index (χ4n) is 3.56. The van der Waals surface area contributed by atoms with E-state index >= 15 is 8.78 Å². The molecule has 3 N–H and O–H groups in total. The summed E-state index contributed by atoms with van der Waals surface area (Å²) in [6.45, 7) is 2.45. The van der Waals surface area contributed by atoms with Crippen LogP contribution < -0.4 is 20.9 Å². The molecule has 222 valence electrons. The number of benzene rings is 1. The van der Waals surface area contributed by atoms with Gasteiger partial charge in [-0.25, -0.2) is 18.1 Å². The van der Waals surface area contributed by atoms with E-state index in [-0.39, 0.29) is 16.5 Å². The molecule has 0 amide bonds. The average Bonchev–Trinajstić information content (AvgIpc) is 3.06. The van der Waals surface area contributed by atoms with E-state index in [0.717, 1.165) is 0 Å². The Morgan fingerprint density at radius 2 is 1.85 bits per heavy atom. The summed E-state index contributed by atoms with van der Waals surface area (Å²) in [5, 5.41) is 12.4. The first-order valence-corrected chi connectivity index (χ1v) is 13.1. The maximum absolute atomic E-state index is 15.0. The summed E-state index contributed by atoms with van der Waals surface area (Å²) in [5.74, 6) is -7.53. The van der Waals surface area contributed by atoms with Crippen molar-refractivity contribution in [1.29, 1.82) is 0 Å². The molecule has 0 radical (unpaired) electrons. The van der Waals surface area contributed by atoms with Crippen LogP contribution in [0.1, 0.15) is 27.0 Å². The van der Waals surface area contributed by atoms with Crippen LogP contribution in [0.15, 0.2) is 46.1 Å². The Hall–Kier alpha value is -3.11. The number of aromatic nitrogens is 2. The van der Waals surface area contributed by atoms with Gasteiger partial charge in [0.05, 0.1) is 18.9 Å². The van der Waals surface area contributed by atoms with Gasteiger partial charge in [0, 0.05) is 0 Å². The smallest absolute Gasteiger partial charge is 0.459 e. The number of ether oxygens (including phenoxy) is 2. The zero-order valence-electron chi connectivity index (χ0n) is 21.1. The van der Waals surface area contributed by atoms with Crippen molar-refractivity contribution in [2.75, 3.05) is 6.61 Å². The minimum absolute atomic E-state index is 0.0121. The van der Waals surface area contributed by atoms with Gasteiger partial charge in [-0.15, -0.1) is 0 Å². The van der Waals surface area contributed by atoms with Crippen molar-refractivity contribution >= 4 is 13.7 Å². The quantitative estimate of drug-likeness (QED) is 0.198. The van der Waals surface area contributed by atoms with Crippen molar-refractivity contribution in [3.8, 4) is 5.75 Å². The summed E-state index contributed by atoms with van der Waals surface area (Å²) in [4.78, 5) is 36.9. The number of H-pyrrole nitrogens is 1. The molecule has 0 bridgehead atoms. The Bertz CT molecular complexity index is 1370. The fraction of sp³-hybridized carbons (Fsp3) is 0.500. The van der Waals surface area contributed by atoms with Gasteiger partial charge >= 0.3 is 25.3 Å². The molecule has 40 heavy (non-hydrogen) atoms. The highest BCUT2D eigenvalue weighted by Gasteiger charge is 2.71. The number of aliphatic hydroxyl groups excluding tert-OH is 1. The lowest BCUT2D eigenvalue weighted by molar-refractivity contribution is -0.193. The molecular formula is C22H25F5N3O9P. The van der Waals surface area contributed by atoms with Gasteiger partial charge in [-0.1, -0.05) is 18.2 Å². The molecule has 2 aromatic rings. The van der Waals surface area contributed by atoms with Gasteiger partial charge in [-0.2, -0.15) is 18.3 Å². The first-order chi connectivity index (χ1) is 18.5. The zero-order chi connectivity index (χ0) is 30.0. The minimum Gasteiger partial charge on any atom is -0.462 e. The molecule has 1 aromatic carbocycles. The van der Waals surface area contributed by atoms with Crippen LogP contribution in [0.3, 0.4) is 0 Å². The number of hydrogen-bond donors (Lipinski definition) is 3. The summed E-state index contributed by atoms with van der Waals surface area (Å²) < 4.78 is 106. The van der Waals surface area contributed by atoms with Crippen molar-refractivity contribution in [1.82, 2.24) is 14.6 Å². The van der Waals surface area contributed by atoms with Gasteiger partial charge in [0.1, 0.15) is 11.8 Å². The number of aliphatic hydroxyl groups is 1. The number of carbonyl (C=O) groups excluding carboxylic acids is 1. The predicted octanol–water partition coefficient (Wildman–Crippen LogP) is 2.34. The molecule has 0 aliphatic carbocycles. The van der Waals surface area contributed by atoms with E-state index in [1.165, 1.54) is 50.0 Å². The molecule has 1 aliphatic rings. The van der Waals surface area contributed by atoms with Crippen LogP contribution >= 0.6 is 7.75 Å². The van der Waals surface area contributed by atoms with E-state index in [2.05, 4.69) is 5.09 Å². The normalized spacial score (nSPS) is 24.6. The van der Waals surface area contributed by atoms with Crippen LogP contribution in [0.4, 0.5) is 22.0 Å². The topological polar surface area (TPSA) is 158 Å². The lowest BCUT2D eigenvalue weighted by Crippen LogP contribution is -2.54. The number of hydrogen-bond acceptors (Lipinski definition) is 9. The lowest BCUT2D eigenvalue weighted by Gasteiger charge is -2.32. The van der Waals surface area contributed by atoms with Crippen molar-refractivity contribution in [3.05, 3.63) is 63.2 Å². The maximum atomic E-state index is 15.0. The van der Waals surface area contributed by atoms with Crippen molar-refractivity contribution in [2.45, 2.75) is 63.2 Å². The van der Waals surface area contributed by atoms with E-state index in [9.17, 15) is 37.2 Å². The highest BCUT2D eigenvalue weighted by molar-refractivity contribution is 7.52. The Morgan fingerprint density at radius 1 is 1.23 bits per heavy atom. The van der Waals surface area contributed by atoms with Gasteiger partial charge in [0.15, 0.2) is 11.7 Å². The standard InChI is InChI=1S/C22H25F5N3O9P/c1-11(2)37-16(32)12(3)29-40(35,39-13-7-5-4-6-8-13)36-10-21(18(24)25)17(33)22(26,27)19(38-21)30-9-14(23)15(31)28-20(30)34/h4-9,11-12,17-19,33H,10H2,1-3H3,(H,29,35)(H,28,31,34). The van der Waals surface area contributed by atoms with Gasteiger partial charge in [0.25, 0.3) is 12.0 Å². The fourth-order valence-corrected chi connectivity index (χ4v) is 5.09. The van der Waals surface area contributed by atoms with Crippen molar-refractivity contribution < 1.29 is 54.9 Å². The van der Waals surface area contributed by atoms with Crippen LogP contribution in [-0.4, -0.2) is 63.4 Å².